The number of nitrogens with zero attached hydrogens (tertiary/aromatic N) is 3. The Hall–Kier alpha value is -2.38. The summed E-state index contributed by atoms with van der Waals surface area (Å²) in [4.78, 5) is 15.9. The maximum absolute atomic E-state index is 11.8. The molecule has 8 heteroatoms. The van der Waals surface area contributed by atoms with E-state index in [1.807, 2.05) is 13.8 Å². The van der Waals surface area contributed by atoms with E-state index in [1.54, 1.807) is 6.92 Å². The molecule has 19 heavy (non-hydrogen) atoms. The summed E-state index contributed by atoms with van der Waals surface area (Å²) in [6.07, 6.45) is 0. The first-order valence-electron chi connectivity index (χ1n) is 5.70. The van der Waals surface area contributed by atoms with Crippen LogP contribution in [0.4, 0.5) is 5.88 Å². The van der Waals surface area contributed by atoms with Crippen LogP contribution in [0.3, 0.4) is 0 Å². The summed E-state index contributed by atoms with van der Waals surface area (Å²) in [6.45, 7) is 5.34. The summed E-state index contributed by atoms with van der Waals surface area (Å²) in [7, 11) is 0. The molecule has 0 amide bonds. The lowest BCUT2D eigenvalue weighted by atomic mass is 10.2. The normalized spacial score (nSPS) is 10.9. The van der Waals surface area contributed by atoms with Gasteiger partial charge in [0.1, 0.15) is 5.56 Å². The fourth-order valence-electron chi connectivity index (χ4n) is 1.40. The lowest BCUT2D eigenvalue weighted by Crippen LogP contribution is -2.08. The van der Waals surface area contributed by atoms with Crippen LogP contribution < -0.4 is 5.73 Å². The molecule has 2 heterocycles. The van der Waals surface area contributed by atoms with Crippen LogP contribution in [0, 0.1) is 6.92 Å². The average molecular weight is 266 g/mol. The smallest absolute Gasteiger partial charge is 0.346 e. The first-order chi connectivity index (χ1) is 8.99. The number of esters is 1. The first kappa shape index (κ1) is 13.1. The molecule has 0 aliphatic heterocycles. The fraction of sp³-hybridized carbons (Fsp3) is 0.455. The minimum absolute atomic E-state index is 0.0732. The van der Waals surface area contributed by atoms with Gasteiger partial charge in [0.25, 0.3) is 5.89 Å². The average Bonchev–Trinajstić information content (AvgIpc) is 2.94. The molecule has 0 atom stereocenters. The minimum Gasteiger partial charge on any atom is -0.452 e. The van der Waals surface area contributed by atoms with Gasteiger partial charge >= 0.3 is 5.97 Å². The predicted octanol–water partition coefficient (Wildman–Crippen LogP) is 1.43. The zero-order chi connectivity index (χ0) is 14.0. The Morgan fingerprint density at radius 2 is 2.11 bits per heavy atom. The standard InChI is InChI=1S/C11H14N4O4/c1-5(2)10-13-7(18-15-10)4-17-11(16)8-6(3)14-19-9(8)12/h5H,4,12H2,1-3H3. The Morgan fingerprint density at radius 3 is 2.63 bits per heavy atom. The Balaban J connectivity index is 2.00. The highest BCUT2D eigenvalue weighted by molar-refractivity contribution is 5.94. The molecule has 0 fully saturated rings. The Kier molecular flexibility index (Phi) is 3.50. The molecule has 0 saturated carbocycles. The van der Waals surface area contributed by atoms with Gasteiger partial charge in [-0.2, -0.15) is 4.98 Å². The number of hydrogen-bond donors (Lipinski definition) is 1. The van der Waals surface area contributed by atoms with E-state index in [4.69, 9.17) is 15.0 Å². The van der Waals surface area contributed by atoms with E-state index in [2.05, 4.69) is 19.8 Å². The third-order valence-corrected chi connectivity index (χ3v) is 2.42. The van der Waals surface area contributed by atoms with Gasteiger partial charge in [-0.3, -0.25) is 0 Å². The zero-order valence-corrected chi connectivity index (χ0v) is 10.8. The largest absolute Gasteiger partial charge is 0.452 e. The van der Waals surface area contributed by atoms with E-state index < -0.39 is 5.97 Å². The van der Waals surface area contributed by atoms with E-state index in [-0.39, 0.29) is 29.9 Å². The number of anilines is 1. The molecule has 0 bridgehead atoms. The van der Waals surface area contributed by atoms with Crippen LogP contribution in [0.15, 0.2) is 9.05 Å². The molecule has 2 N–H and O–H groups in total. The summed E-state index contributed by atoms with van der Waals surface area (Å²) in [5, 5.41) is 7.33. The topological polar surface area (TPSA) is 117 Å². The number of aryl methyl sites for hydroxylation is 1. The SMILES string of the molecule is Cc1noc(N)c1C(=O)OCc1nc(C(C)C)no1. The van der Waals surface area contributed by atoms with Gasteiger partial charge in [-0.05, 0) is 6.92 Å². The first-order valence-corrected chi connectivity index (χ1v) is 5.70. The van der Waals surface area contributed by atoms with Gasteiger partial charge in [0, 0.05) is 5.92 Å². The van der Waals surface area contributed by atoms with Gasteiger partial charge < -0.3 is 19.5 Å². The molecule has 2 aromatic heterocycles. The zero-order valence-electron chi connectivity index (χ0n) is 10.8. The minimum atomic E-state index is -0.638. The summed E-state index contributed by atoms with van der Waals surface area (Å²) in [5.74, 6) is 0.219. The van der Waals surface area contributed by atoms with Crippen molar-refractivity contribution in [2.24, 2.45) is 0 Å². The highest BCUT2D eigenvalue weighted by Crippen LogP contribution is 2.17. The van der Waals surface area contributed by atoms with Crippen LogP contribution in [0.5, 0.6) is 0 Å². The molecule has 0 unspecified atom stereocenters. The van der Waals surface area contributed by atoms with Crippen LogP contribution >= 0.6 is 0 Å². The lowest BCUT2D eigenvalue weighted by Gasteiger charge is -2.00. The summed E-state index contributed by atoms with van der Waals surface area (Å²) in [5.41, 5.74) is 5.96. The van der Waals surface area contributed by atoms with E-state index in [9.17, 15) is 4.79 Å². The molecular formula is C11H14N4O4. The van der Waals surface area contributed by atoms with Crippen molar-refractivity contribution in [3.8, 4) is 0 Å². The van der Waals surface area contributed by atoms with Gasteiger partial charge in [-0.1, -0.05) is 24.2 Å². The summed E-state index contributed by atoms with van der Waals surface area (Å²) in [6, 6.07) is 0. The Bertz CT molecular complexity index is 568. The maximum Gasteiger partial charge on any atom is 0.346 e. The van der Waals surface area contributed by atoms with Crippen LogP contribution in [-0.4, -0.2) is 21.3 Å². The third kappa shape index (κ3) is 2.72. The van der Waals surface area contributed by atoms with Gasteiger partial charge in [0.15, 0.2) is 12.4 Å². The summed E-state index contributed by atoms with van der Waals surface area (Å²) >= 11 is 0. The number of nitrogen functional groups attached to an aromatic ring is 1. The maximum atomic E-state index is 11.8. The second kappa shape index (κ2) is 5.09. The van der Waals surface area contributed by atoms with Crippen LogP contribution in [0.2, 0.25) is 0 Å². The molecule has 0 aliphatic carbocycles. The number of carbonyl (C=O) groups excluding carboxylic acids is 1. The molecular weight excluding hydrogens is 252 g/mol. The quantitative estimate of drug-likeness (QED) is 0.825. The molecule has 2 aromatic rings. The Morgan fingerprint density at radius 1 is 1.37 bits per heavy atom. The van der Waals surface area contributed by atoms with E-state index in [0.29, 0.717) is 11.5 Å². The second-order valence-corrected chi connectivity index (χ2v) is 4.28. The molecule has 102 valence electrons. The lowest BCUT2D eigenvalue weighted by molar-refractivity contribution is 0.0430. The fourth-order valence-corrected chi connectivity index (χ4v) is 1.40. The van der Waals surface area contributed by atoms with Crippen molar-refractivity contribution in [1.82, 2.24) is 15.3 Å². The predicted molar refractivity (Wildman–Crippen MR) is 63.2 cm³/mol. The van der Waals surface area contributed by atoms with Gasteiger partial charge in [0.2, 0.25) is 5.88 Å². The third-order valence-electron chi connectivity index (χ3n) is 2.42. The molecule has 0 saturated heterocycles. The number of aromatic nitrogens is 3. The van der Waals surface area contributed by atoms with Crippen LogP contribution in [0.1, 0.15) is 47.5 Å². The summed E-state index contributed by atoms with van der Waals surface area (Å²) < 4.78 is 14.6. The van der Waals surface area contributed by atoms with E-state index >= 15 is 0 Å². The molecule has 8 nitrogen and oxygen atoms in total. The van der Waals surface area contributed by atoms with Crippen molar-refractivity contribution in [2.75, 3.05) is 5.73 Å². The number of ether oxygens (including phenoxy) is 1. The van der Waals surface area contributed by atoms with Crippen molar-refractivity contribution in [3.05, 3.63) is 23.0 Å². The van der Waals surface area contributed by atoms with E-state index in [1.165, 1.54) is 0 Å². The van der Waals surface area contributed by atoms with E-state index in [0.717, 1.165) is 0 Å². The van der Waals surface area contributed by atoms with Crippen molar-refractivity contribution in [3.63, 3.8) is 0 Å². The molecule has 2 rings (SSSR count). The second-order valence-electron chi connectivity index (χ2n) is 4.28. The van der Waals surface area contributed by atoms with Gasteiger partial charge in [-0.25, -0.2) is 4.79 Å². The van der Waals surface area contributed by atoms with Crippen LogP contribution in [0.25, 0.3) is 0 Å². The van der Waals surface area contributed by atoms with Gasteiger partial charge in [0.05, 0.1) is 5.69 Å². The van der Waals surface area contributed by atoms with Gasteiger partial charge in [-0.15, -0.1) is 0 Å². The highest BCUT2D eigenvalue weighted by Gasteiger charge is 2.21. The molecule has 0 aromatic carbocycles. The monoisotopic (exact) mass is 266 g/mol. The highest BCUT2D eigenvalue weighted by atomic mass is 16.6. The molecule has 0 spiro atoms. The van der Waals surface area contributed by atoms with Crippen molar-refractivity contribution in [1.29, 1.82) is 0 Å². The number of rotatable bonds is 4. The molecule has 0 aliphatic rings. The van der Waals surface area contributed by atoms with Crippen molar-refractivity contribution < 1.29 is 18.6 Å². The molecule has 0 radical (unpaired) electrons. The Labute approximate surface area is 108 Å². The van der Waals surface area contributed by atoms with Crippen LogP contribution in [-0.2, 0) is 11.3 Å². The van der Waals surface area contributed by atoms with Crippen molar-refractivity contribution >= 4 is 11.9 Å². The number of nitrogens with two attached hydrogens (primary N) is 1. The van der Waals surface area contributed by atoms with Crippen molar-refractivity contribution in [2.45, 2.75) is 33.3 Å². The number of carbonyl (C=O) groups is 1. The number of hydrogen-bond acceptors (Lipinski definition) is 8.